The van der Waals surface area contributed by atoms with Crippen molar-refractivity contribution in [3.8, 4) is 0 Å². The van der Waals surface area contributed by atoms with Crippen LogP contribution in [0.1, 0.15) is 5.56 Å². The lowest BCUT2D eigenvalue weighted by molar-refractivity contribution is -0.384. The molecule has 0 aliphatic rings. The number of H-pyrrole nitrogens is 1. The number of rotatable bonds is 4. The molecule has 2 N–H and O–H groups in total. The Labute approximate surface area is 125 Å². The van der Waals surface area contributed by atoms with Crippen LogP contribution in [0.25, 0.3) is 10.9 Å². The number of nitro groups is 1. The first-order valence-corrected chi connectivity index (χ1v) is 6.76. The van der Waals surface area contributed by atoms with Crippen LogP contribution in [0.15, 0.2) is 48.7 Å². The van der Waals surface area contributed by atoms with Crippen molar-refractivity contribution in [2.75, 3.05) is 5.32 Å². The van der Waals surface area contributed by atoms with E-state index in [1.165, 1.54) is 12.1 Å². The van der Waals surface area contributed by atoms with Gasteiger partial charge in [0.1, 0.15) is 0 Å². The van der Waals surface area contributed by atoms with Gasteiger partial charge >= 0.3 is 0 Å². The number of hydrogen-bond donors (Lipinski definition) is 2. The Balaban J connectivity index is 1.82. The summed E-state index contributed by atoms with van der Waals surface area (Å²) in [6.07, 6.45) is 1.90. The fraction of sp³-hybridized carbons (Fsp3) is 0.0667. The topological polar surface area (TPSA) is 71.0 Å². The van der Waals surface area contributed by atoms with E-state index in [-0.39, 0.29) is 5.69 Å². The first-order valence-electron chi connectivity index (χ1n) is 6.38. The molecule has 0 amide bonds. The molecule has 0 spiro atoms. The Bertz CT molecular complexity index is 814. The largest absolute Gasteiger partial charge is 0.380 e. The molecule has 0 aliphatic heterocycles. The van der Waals surface area contributed by atoms with Crippen molar-refractivity contribution in [1.82, 2.24) is 4.98 Å². The maximum atomic E-state index is 10.7. The zero-order valence-electron chi connectivity index (χ0n) is 11.0. The molecule has 0 aliphatic carbocycles. The number of hydrogen-bond acceptors (Lipinski definition) is 3. The van der Waals surface area contributed by atoms with E-state index in [9.17, 15) is 10.1 Å². The summed E-state index contributed by atoms with van der Waals surface area (Å²) in [6, 6.07) is 12.5. The number of halogens is 1. The summed E-state index contributed by atoms with van der Waals surface area (Å²) in [4.78, 5) is 13.4. The summed E-state index contributed by atoms with van der Waals surface area (Å²) in [5.74, 6) is 0. The number of anilines is 1. The van der Waals surface area contributed by atoms with Crippen molar-refractivity contribution in [2.24, 2.45) is 0 Å². The molecule has 2 aromatic carbocycles. The van der Waals surface area contributed by atoms with E-state index in [1.807, 2.05) is 30.5 Å². The van der Waals surface area contributed by atoms with Crippen molar-refractivity contribution in [3.63, 3.8) is 0 Å². The number of aromatic amines is 1. The maximum Gasteiger partial charge on any atom is 0.271 e. The molecular formula is C15H12ClN3O2. The van der Waals surface area contributed by atoms with Gasteiger partial charge in [0, 0.05) is 24.9 Å². The molecule has 3 aromatic rings. The Morgan fingerprint density at radius 2 is 2.10 bits per heavy atom. The van der Waals surface area contributed by atoms with Gasteiger partial charge in [-0.05, 0) is 23.1 Å². The summed E-state index contributed by atoms with van der Waals surface area (Å²) in [5.41, 5.74) is 2.83. The monoisotopic (exact) mass is 301 g/mol. The molecule has 3 rings (SSSR count). The second-order valence-corrected chi connectivity index (χ2v) is 5.04. The number of fused-ring (bicyclic) bond motifs is 1. The van der Waals surface area contributed by atoms with Gasteiger partial charge < -0.3 is 10.3 Å². The predicted molar refractivity (Wildman–Crippen MR) is 83.7 cm³/mol. The molecule has 0 saturated heterocycles. The maximum absolute atomic E-state index is 10.7. The molecule has 21 heavy (non-hydrogen) atoms. The lowest BCUT2D eigenvalue weighted by atomic mass is 10.1. The number of non-ortho nitro benzene ring substituents is 1. The van der Waals surface area contributed by atoms with E-state index in [2.05, 4.69) is 10.3 Å². The van der Waals surface area contributed by atoms with E-state index in [0.717, 1.165) is 16.5 Å². The standard InChI is InChI=1S/C15H12ClN3O2/c16-13-8-12(19(20)21)4-5-14(13)18-9-11-3-1-2-10-6-7-17-15(10)11/h1-8,17-18H,9H2. The third-order valence-electron chi connectivity index (χ3n) is 3.31. The first-order chi connectivity index (χ1) is 10.1. The van der Waals surface area contributed by atoms with Gasteiger partial charge in [0.25, 0.3) is 5.69 Å². The highest BCUT2D eigenvalue weighted by Gasteiger charge is 2.09. The minimum atomic E-state index is -0.463. The molecule has 5 nitrogen and oxygen atoms in total. The van der Waals surface area contributed by atoms with Crippen LogP contribution in [0.5, 0.6) is 0 Å². The highest BCUT2D eigenvalue weighted by Crippen LogP contribution is 2.27. The van der Waals surface area contributed by atoms with Crippen molar-refractivity contribution in [2.45, 2.75) is 6.54 Å². The third-order valence-corrected chi connectivity index (χ3v) is 3.62. The molecule has 1 aromatic heterocycles. The van der Waals surface area contributed by atoms with Gasteiger partial charge in [0.15, 0.2) is 0 Å². The van der Waals surface area contributed by atoms with Crippen LogP contribution in [-0.4, -0.2) is 9.91 Å². The van der Waals surface area contributed by atoms with E-state index in [4.69, 9.17) is 11.6 Å². The summed E-state index contributed by atoms with van der Waals surface area (Å²) < 4.78 is 0. The molecule has 106 valence electrons. The Hall–Kier alpha value is -2.53. The zero-order chi connectivity index (χ0) is 14.8. The molecule has 0 bridgehead atoms. The SMILES string of the molecule is O=[N+]([O-])c1ccc(NCc2cccc3cc[nH]c23)c(Cl)c1. The molecule has 0 unspecified atom stereocenters. The minimum absolute atomic E-state index is 0.0166. The average Bonchev–Trinajstić information content (AvgIpc) is 2.94. The van der Waals surface area contributed by atoms with Crippen molar-refractivity contribution in [1.29, 1.82) is 0 Å². The molecule has 0 saturated carbocycles. The summed E-state index contributed by atoms with van der Waals surface area (Å²) in [6.45, 7) is 0.579. The summed E-state index contributed by atoms with van der Waals surface area (Å²) in [5, 5.41) is 15.4. The highest BCUT2D eigenvalue weighted by molar-refractivity contribution is 6.33. The van der Waals surface area contributed by atoms with Crippen molar-refractivity contribution < 1.29 is 4.92 Å². The Morgan fingerprint density at radius 1 is 1.24 bits per heavy atom. The highest BCUT2D eigenvalue weighted by atomic mass is 35.5. The van der Waals surface area contributed by atoms with Crippen LogP contribution < -0.4 is 5.32 Å². The molecule has 0 radical (unpaired) electrons. The van der Waals surface area contributed by atoms with Gasteiger partial charge in [-0.15, -0.1) is 0 Å². The number of benzene rings is 2. The Morgan fingerprint density at radius 3 is 2.86 bits per heavy atom. The number of nitro benzene ring substituents is 1. The summed E-state index contributed by atoms with van der Waals surface area (Å²) >= 11 is 6.06. The second-order valence-electron chi connectivity index (χ2n) is 4.63. The van der Waals surface area contributed by atoms with Crippen molar-refractivity contribution in [3.05, 3.63) is 69.4 Å². The lowest BCUT2D eigenvalue weighted by Crippen LogP contribution is -2.01. The second kappa shape index (κ2) is 5.46. The number of para-hydroxylation sites is 1. The third kappa shape index (κ3) is 2.68. The van der Waals surface area contributed by atoms with E-state index in [0.29, 0.717) is 17.3 Å². The van der Waals surface area contributed by atoms with E-state index < -0.39 is 4.92 Å². The van der Waals surface area contributed by atoms with Crippen LogP contribution >= 0.6 is 11.6 Å². The van der Waals surface area contributed by atoms with Gasteiger partial charge in [0.2, 0.25) is 0 Å². The van der Waals surface area contributed by atoms with Crippen LogP contribution in [0.3, 0.4) is 0 Å². The first kappa shape index (κ1) is 13.5. The molecule has 0 fully saturated rings. The fourth-order valence-electron chi connectivity index (χ4n) is 2.25. The predicted octanol–water partition coefficient (Wildman–Crippen LogP) is 4.34. The fourth-order valence-corrected chi connectivity index (χ4v) is 2.49. The lowest BCUT2D eigenvalue weighted by Gasteiger charge is -2.09. The molecule has 0 atom stereocenters. The number of nitrogens with one attached hydrogen (secondary N) is 2. The molecule has 1 heterocycles. The van der Waals surface area contributed by atoms with Gasteiger partial charge in [-0.1, -0.05) is 29.8 Å². The normalized spacial score (nSPS) is 10.7. The van der Waals surface area contributed by atoms with Gasteiger partial charge in [-0.25, -0.2) is 0 Å². The summed E-state index contributed by atoms with van der Waals surface area (Å²) in [7, 11) is 0. The minimum Gasteiger partial charge on any atom is -0.380 e. The van der Waals surface area contributed by atoms with Crippen LogP contribution in [0.2, 0.25) is 5.02 Å². The number of nitrogens with zero attached hydrogens (tertiary/aromatic N) is 1. The zero-order valence-corrected chi connectivity index (χ0v) is 11.7. The van der Waals surface area contributed by atoms with Gasteiger partial charge in [-0.2, -0.15) is 0 Å². The van der Waals surface area contributed by atoms with Crippen LogP contribution in [0, 0.1) is 10.1 Å². The quantitative estimate of drug-likeness (QED) is 0.556. The molecule has 6 heteroatoms. The van der Waals surface area contributed by atoms with E-state index in [1.54, 1.807) is 6.07 Å². The van der Waals surface area contributed by atoms with Crippen LogP contribution in [-0.2, 0) is 6.54 Å². The van der Waals surface area contributed by atoms with Gasteiger partial charge in [0.05, 0.1) is 21.2 Å². The number of aromatic nitrogens is 1. The molecular weight excluding hydrogens is 290 g/mol. The average molecular weight is 302 g/mol. The Kier molecular flexibility index (Phi) is 3.50. The van der Waals surface area contributed by atoms with Crippen molar-refractivity contribution >= 4 is 33.9 Å². The van der Waals surface area contributed by atoms with Gasteiger partial charge in [-0.3, -0.25) is 10.1 Å². The van der Waals surface area contributed by atoms with Crippen LogP contribution in [0.4, 0.5) is 11.4 Å². The smallest absolute Gasteiger partial charge is 0.271 e. The van der Waals surface area contributed by atoms with E-state index >= 15 is 0 Å².